The van der Waals surface area contributed by atoms with Gasteiger partial charge in [0.25, 0.3) is 0 Å². The summed E-state index contributed by atoms with van der Waals surface area (Å²) in [6.07, 6.45) is 7.55. The molecular formula is C18H25N. The van der Waals surface area contributed by atoms with Crippen LogP contribution in [0, 0.1) is 17.8 Å². The van der Waals surface area contributed by atoms with Gasteiger partial charge in [0.05, 0.1) is 0 Å². The third-order valence-corrected chi connectivity index (χ3v) is 3.28. The highest BCUT2D eigenvalue weighted by Gasteiger charge is 2.12. The van der Waals surface area contributed by atoms with Gasteiger partial charge in [-0.05, 0) is 31.4 Å². The zero-order chi connectivity index (χ0) is 14.3. The van der Waals surface area contributed by atoms with Crippen molar-refractivity contribution in [3.63, 3.8) is 0 Å². The zero-order valence-corrected chi connectivity index (χ0v) is 12.5. The maximum absolute atomic E-state index is 4.08. The van der Waals surface area contributed by atoms with E-state index in [9.17, 15) is 0 Å². The minimum absolute atomic E-state index is 0.287. The lowest BCUT2D eigenvalue weighted by Crippen LogP contribution is -2.14. The Labute approximate surface area is 118 Å². The molecule has 0 saturated carbocycles. The maximum Gasteiger partial charge on any atom is 0.0471 e. The van der Waals surface area contributed by atoms with Gasteiger partial charge in [0.15, 0.2) is 0 Å². The number of nitrogens with one attached hydrogen (secondary N) is 1. The first kappa shape index (κ1) is 15.4. The van der Waals surface area contributed by atoms with Gasteiger partial charge in [-0.25, -0.2) is 0 Å². The third-order valence-electron chi connectivity index (χ3n) is 3.28. The largest absolute Gasteiger partial charge is 0.385 e. The van der Waals surface area contributed by atoms with E-state index in [0.29, 0.717) is 0 Å². The standard InChI is InChI=1S/C18H25N/c1-6-8-13-19-15(5)17-10-9-16(7-2)18(12-11-17)14(3)4/h11-12,16,19H,3,5-8,13H2,1-2,4H3. The van der Waals surface area contributed by atoms with Crippen LogP contribution in [0.4, 0.5) is 0 Å². The first-order valence-corrected chi connectivity index (χ1v) is 7.12. The molecule has 1 rings (SSSR count). The summed E-state index contributed by atoms with van der Waals surface area (Å²) in [4.78, 5) is 0. The minimum atomic E-state index is 0.287. The van der Waals surface area contributed by atoms with Crippen molar-refractivity contribution >= 4 is 0 Å². The molecule has 1 atom stereocenters. The SMILES string of the molecule is C=C(C)C1=CC=C(C(=C)NCCCC)C#CC1CC. The fraction of sp³-hybridized carbons (Fsp3) is 0.444. The molecule has 0 aliphatic heterocycles. The Morgan fingerprint density at radius 2 is 2.05 bits per heavy atom. The van der Waals surface area contributed by atoms with Crippen LogP contribution < -0.4 is 5.32 Å². The summed E-state index contributed by atoms with van der Waals surface area (Å²) in [5.74, 6) is 6.87. The van der Waals surface area contributed by atoms with Crippen molar-refractivity contribution in [1.82, 2.24) is 5.32 Å². The van der Waals surface area contributed by atoms with Crippen LogP contribution in [-0.2, 0) is 0 Å². The van der Waals surface area contributed by atoms with Crippen molar-refractivity contribution in [2.75, 3.05) is 6.54 Å². The summed E-state index contributed by atoms with van der Waals surface area (Å²) >= 11 is 0. The second kappa shape index (κ2) is 7.69. The Morgan fingerprint density at radius 1 is 1.32 bits per heavy atom. The molecule has 1 aliphatic rings. The van der Waals surface area contributed by atoms with E-state index in [0.717, 1.165) is 36.2 Å². The van der Waals surface area contributed by atoms with E-state index in [1.54, 1.807) is 0 Å². The second-order valence-corrected chi connectivity index (χ2v) is 4.97. The van der Waals surface area contributed by atoms with Crippen LogP contribution in [0.2, 0.25) is 0 Å². The van der Waals surface area contributed by atoms with Gasteiger partial charge in [0.1, 0.15) is 0 Å². The molecule has 0 aromatic rings. The van der Waals surface area contributed by atoms with E-state index in [1.165, 1.54) is 12.0 Å². The number of unbranched alkanes of at least 4 members (excludes halogenated alkanes) is 1. The normalized spacial score (nSPS) is 17.5. The van der Waals surface area contributed by atoms with Crippen molar-refractivity contribution < 1.29 is 0 Å². The summed E-state index contributed by atoms with van der Waals surface area (Å²) in [5, 5.41) is 3.34. The molecule has 0 spiro atoms. The summed E-state index contributed by atoms with van der Waals surface area (Å²) in [7, 11) is 0. The molecule has 1 nitrogen and oxygen atoms in total. The van der Waals surface area contributed by atoms with Crippen LogP contribution >= 0.6 is 0 Å². The van der Waals surface area contributed by atoms with Crippen LogP contribution in [0.5, 0.6) is 0 Å². The minimum Gasteiger partial charge on any atom is -0.385 e. The molecule has 0 bridgehead atoms. The van der Waals surface area contributed by atoms with Crippen LogP contribution in [0.15, 0.2) is 47.7 Å². The van der Waals surface area contributed by atoms with Gasteiger partial charge in [-0.1, -0.05) is 56.9 Å². The lowest BCUT2D eigenvalue weighted by Gasteiger charge is -2.11. The van der Waals surface area contributed by atoms with Gasteiger partial charge in [-0.15, -0.1) is 0 Å². The number of hydrogen-bond donors (Lipinski definition) is 1. The lowest BCUT2D eigenvalue weighted by atomic mass is 9.92. The Morgan fingerprint density at radius 3 is 2.63 bits per heavy atom. The summed E-state index contributed by atoms with van der Waals surface area (Å²) in [6, 6.07) is 0. The van der Waals surface area contributed by atoms with Crippen LogP contribution in [0.3, 0.4) is 0 Å². The molecule has 1 N–H and O–H groups in total. The first-order chi connectivity index (χ1) is 9.10. The first-order valence-electron chi connectivity index (χ1n) is 7.12. The molecule has 19 heavy (non-hydrogen) atoms. The van der Waals surface area contributed by atoms with Crippen molar-refractivity contribution in [3.05, 3.63) is 47.7 Å². The Bertz CT molecular complexity index is 466. The molecule has 102 valence electrons. The van der Waals surface area contributed by atoms with Gasteiger partial charge < -0.3 is 5.32 Å². The molecule has 0 radical (unpaired) electrons. The number of allylic oxidation sites excluding steroid dienone is 5. The summed E-state index contributed by atoms with van der Waals surface area (Å²) in [5.41, 5.74) is 4.26. The Kier molecular flexibility index (Phi) is 6.22. The second-order valence-electron chi connectivity index (χ2n) is 4.97. The maximum atomic E-state index is 4.08. The zero-order valence-electron chi connectivity index (χ0n) is 12.5. The summed E-state index contributed by atoms with van der Waals surface area (Å²) < 4.78 is 0. The predicted molar refractivity (Wildman–Crippen MR) is 84.6 cm³/mol. The van der Waals surface area contributed by atoms with E-state index in [2.05, 4.69) is 56.3 Å². The van der Waals surface area contributed by atoms with Crippen molar-refractivity contribution in [2.24, 2.45) is 5.92 Å². The predicted octanol–water partition coefficient (Wildman–Crippen LogP) is 4.36. The van der Waals surface area contributed by atoms with E-state index in [4.69, 9.17) is 0 Å². The van der Waals surface area contributed by atoms with E-state index < -0.39 is 0 Å². The van der Waals surface area contributed by atoms with Gasteiger partial charge in [0, 0.05) is 23.7 Å². The van der Waals surface area contributed by atoms with Gasteiger partial charge in [0.2, 0.25) is 0 Å². The molecule has 0 saturated heterocycles. The highest BCUT2D eigenvalue weighted by Crippen LogP contribution is 2.24. The molecular weight excluding hydrogens is 230 g/mol. The average Bonchev–Trinajstić information content (AvgIpc) is 2.60. The van der Waals surface area contributed by atoms with Crippen molar-refractivity contribution in [2.45, 2.75) is 40.0 Å². The van der Waals surface area contributed by atoms with E-state index in [1.807, 2.05) is 6.92 Å². The third kappa shape index (κ3) is 4.48. The molecule has 0 amide bonds. The smallest absolute Gasteiger partial charge is 0.0471 e. The summed E-state index contributed by atoms with van der Waals surface area (Å²) in [6.45, 7) is 15.5. The van der Waals surface area contributed by atoms with Crippen LogP contribution in [0.25, 0.3) is 0 Å². The monoisotopic (exact) mass is 255 g/mol. The quantitative estimate of drug-likeness (QED) is 0.526. The molecule has 0 aromatic carbocycles. The van der Waals surface area contributed by atoms with Crippen LogP contribution in [0.1, 0.15) is 40.0 Å². The fourth-order valence-corrected chi connectivity index (χ4v) is 2.02. The molecule has 1 unspecified atom stereocenters. The van der Waals surface area contributed by atoms with Crippen LogP contribution in [-0.4, -0.2) is 6.54 Å². The molecule has 1 heteroatoms. The Balaban J connectivity index is 2.84. The van der Waals surface area contributed by atoms with Gasteiger partial charge in [-0.2, -0.15) is 0 Å². The topological polar surface area (TPSA) is 12.0 Å². The molecule has 0 aromatic heterocycles. The van der Waals surface area contributed by atoms with Gasteiger partial charge >= 0.3 is 0 Å². The average molecular weight is 255 g/mol. The fourth-order valence-electron chi connectivity index (χ4n) is 2.02. The highest BCUT2D eigenvalue weighted by molar-refractivity contribution is 5.51. The molecule has 1 aliphatic carbocycles. The van der Waals surface area contributed by atoms with Crippen molar-refractivity contribution in [3.8, 4) is 11.8 Å². The number of hydrogen-bond acceptors (Lipinski definition) is 1. The Hall–Kier alpha value is -1.68. The molecule has 0 fully saturated rings. The van der Waals surface area contributed by atoms with Crippen molar-refractivity contribution in [1.29, 1.82) is 0 Å². The van der Waals surface area contributed by atoms with E-state index in [-0.39, 0.29) is 5.92 Å². The van der Waals surface area contributed by atoms with E-state index >= 15 is 0 Å². The highest BCUT2D eigenvalue weighted by atomic mass is 14.9. The van der Waals surface area contributed by atoms with Gasteiger partial charge in [-0.3, -0.25) is 0 Å². The number of rotatable bonds is 7. The molecule has 0 heterocycles. The lowest BCUT2D eigenvalue weighted by molar-refractivity contribution is 0.718.